The molecule has 0 bridgehead atoms. The Bertz CT molecular complexity index is 1140. The van der Waals surface area contributed by atoms with Crippen molar-refractivity contribution in [3.8, 4) is 5.75 Å². The molecule has 32 heavy (non-hydrogen) atoms. The molecule has 1 unspecified atom stereocenters. The summed E-state index contributed by atoms with van der Waals surface area (Å²) in [6, 6.07) is 15.2. The maximum absolute atomic E-state index is 13.4. The lowest BCUT2D eigenvalue weighted by Crippen LogP contribution is -3.05. The Hall–Kier alpha value is -3.58. The molecule has 0 radical (unpaired) electrons. The minimum absolute atomic E-state index is 0.0560. The lowest BCUT2D eigenvalue weighted by molar-refractivity contribution is -0.858. The predicted molar refractivity (Wildman–Crippen MR) is 117 cm³/mol. The van der Waals surface area contributed by atoms with Gasteiger partial charge < -0.3 is 24.1 Å². The van der Waals surface area contributed by atoms with Gasteiger partial charge in [-0.05, 0) is 35.6 Å². The fourth-order valence-corrected chi connectivity index (χ4v) is 4.06. The van der Waals surface area contributed by atoms with E-state index in [4.69, 9.17) is 9.15 Å². The molecule has 1 aliphatic rings. The van der Waals surface area contributed by atoms with Crippen LogP contribution in [0.2, 0.25) is 0 Å². The Morgan fingerprint density at radius 1 is 1.16 bits per heavy atom. The fraction of sp³-hybridized carbons (Fsp3) is 0.280. The topological polar surface area (TPSA) is 87.2 Å². The number of amides is 1. The number of hydrogen-bond acceptors (Lipinski definition) is 5. The van der Waals surface area contributed by atoms with Crippen molar-refractivity contribution in [1.29, 1.82) is 0 Å². The van der Waals surface area contributed by atoms with Crippen LogP contribution in [0.5, 0.6) is 5.75 Å². The Balaban J connectivity index is 1.74. The smallest absolute Gasteiger partial charge is 0.239 e. The number of carbonyl (C=O) groups excluding carboxylic acids is 2. The van der Waals surface area contributed by atoms with Gasteiger partial charge in [0, 0.05) is 23.9 Å². The van der Waals surface area contributed by atoms with Gasteiger partial charge in [-0.15, -0.1) is 0 Å². The second-order valence-electron chi connectivity index (χ2n) is 8.21. The van der Waals surface area contributed by atoms with Crippen LogP contribution in [-0.4, -0.2) is 50.9 Å². The molecule has 1 atom stereocenters. The Kier molecular flexibility index (Phi) is 6.01. The molecule has 1 aliphatic heterocycles. The number of methoxy groups -OCH3 is 1. The molecular formula is C25H26N2O5. The third kappa shape index (κ3) is 3.99. The molecule has 1 aromatic heterocycles. The standard InChI is InChI=1S/C25H26N2O5/c1-26(2)13-6-14-27-22(16-9-11-18(31-3)12-10-16)21(24(29)25(27)30)23(28)20-15-17-7-4-5-8-19(17)32-20/h4-5,7-12,15,22,29H,6,13-14H2,1-3H3. The summed E-state index contributed by atoms with van der Waals surface area (Å²) in [6.45, 7) is 1.21. The molecule has 3 aromatic rings. The van der Waals surface area contributed by atoms with Crippen molar-refractivity contribution in [3.05, 3.63) is 77.3 Å². The van der Waals surface area contributed by atoms with E-state index in [1.807, 2.05) is 32.3 Å². The number of furan rings is 1. The van der Waals surface area contributed by atoms with E-state index < -0.39 is 23.5 Å². The molecule has 0 spiro atoms. The van der Waals surface area contributed by atoms with E-state index in [1.54, 1.807) is 43.5 Å². The molecule has 166 valence electrons. The minimum Gasteiger partial charge on any atom is -0.868 e. The maximum Gasteiger partial charge on any atom is 0.239 e. The molecule has 0 aliphatic carbocycles. The highest BCUT2D eigenvalue weighted by Crippen LogP contribution is 2.39. The molecule has 7 heteroatoms. The summed E-state index contributed by atoms with van der Waals surface area (Å²) in [5.41, 5.74) is 1.16. The summed E-state index contributed by atoms with van der Waals surface area (Å²) < 4.78 is 10.9. The number of nitrogens with zero attached hydrogens (tertiary/aromatic N) is 1. The molecule has 4 rings (SSSR count). The van der Waals surface area contributed by atoms with Crippen molar-refractivity contribution in [2.75, 3.05) is 34.3 Å². The monoisotopic (exact) mass is 434 g/mol. The number of carbonyl (C=O) groups is 2. The van der Waals surface area contributed by atoms with Crippen LogP contribution in [0.3, 0.4) is 0 Å². The summed E-state index contributed by atoms with van der Waals surface area (Å²) in [5.74, 6) is -1.27. The van der Waals surface area contributed by atoms with Crippen molar-refractivity contribution in [2.45, 2.75) is 12.5 Å². The number of fused-ring (bicyclic) bond motifs is 1. The van der Waals surface area contributed by atoms with Crippen LogP contribution in [0.1, 0.15) is 28.6 Å². The van der Waals surface area contributed by atoms with Crippen LogP contribution in [-0.2, 0) is 4.79 Å². The number of Topliss-reactive ketones (excluding diaryl/α,β-unsaturated/α-hetero) is 1. The summed E-state index contributed by atoms with van der Waals surface area (Å²) in [4.78, 5) is 29.1. The van der Waals surface area contributed by atoms with E-state index in [0.717, 1.165) is 11.9 Å². The highest BCUT2D eigenvalue weighted by atomic mass is 16.5. The molecule has 2 heterocycles. The highest BCUT2D eigenvalue weighted by molar-refractivity contribution is 6.15. The second-order valence-corrected chi connectivity index (χ2v) is 8.21. The van der Waals surface area contributed by atoms with Gasteiger partial charge in [-0.25, -0.2) is 0 Å². The zero-order chi connectivity index (χ0) is 22.8. The first-order valence-electron chi connectivity index (χ1n) is 10.6. The van der Waals surface area contributed by atoms with Gasteiger partial charge in [-0.3, -0.25) is 9.59 Å². The number of benzene rings is 2. The molecule has 1 amide bonds. The van der Waals surface area contributed by atoms with Gasteiger partial charge in [0.1, 0.15) is 11.3 Å². The van der Waals surface area contributed by atoms with Crippen LogP contribution in [0.25, 0.3) is 11.0 Å². The molecular weight excluding hydrogens is 408 g/mol. The second kappa shape index (κ2) is 8.88. The van der Waals surface area contributed by atoms with E-state index >= 15 is 0 Å². The lowest BCUT2D eigenvalue weighted by atomic mass is 9.95. The van der Waals surface area contributed by atoms with E-state index in [9.17, 15) is 14.7 Å². The number of hydrogen-bond donors (Lipinski definition) is 1. The number of rotatable bonds is 8. The molecule has 7 nitrogen and oxygen atoms in total. The van der Waals surface area contributed by atoms with Crippen LogP contribution in [0.15, 0.2) is 70.3 Å². The van der Waals surface area contributed by atoms with Crippen LogP contribution in [0.4, 0.5) is 0 Å². The lowest BCUT2D eigenvalue weighted by Gasteiger charge is -2.27. The summed E-state index contributed by atoms with van der Waals surface area (Å²) >= 11 is 0. The van der Waals surface area contributed by atoms with Gasteiger partial charge in [0.05, 0.1) is 33.8 Å². The van der Waals surface area contributed by atoms with Crippen molar-refractivity contribution in [3.63, 3.8) is 0 Å². The van der Waals surface area contributed by atoms with Crippen molar-refractivity contribution in [2.24, 2.45) is 0 Å². The van der Waals surface area contributed by atoms with Crippen LogP contribution >= 0.6 is 0 Å². The Labute approximate surface area is 186 Å². The van der Waals surface area contributed by atoms with Gasteiger partial charge in [0.25, 0.3) is 0 Å². The van der Waals surface area contributed by atoms with Crippen molar-refractivity contribution < 1.29 is 28.7 Å². The number of para-hydroxylation sites is 1. The number of ether oxygens (including phenoxy) is 1. The normalized spacial score (nSPS) is 16.4. The minimum atomic E-state index is -0.770. The Morgan fingerprint density at radius 3 is 2.53 bits per heavy atom. The predicted octanol–water partition coefficient (Wildman–Crippen LogP) is 1.36. The summed E-state index contributed by atoms with van der Waals surface area (Å²) in [7, 11) is 5.62. The van der Waals surface area contributed by atoms with Gasteiger partial charge in [0.2, 0.25) is 11.7 Å². The average molecular weight is 434 g/mol. The van der Waals surface area contributed by atoms with Gasteiger partial charge in [-0.1, -0.05) is 30.3 Å². The third-order valence-corrected chi connectivity index (χ3v) is 5.69. The van der Waals surface area contributed by atoms with Gasteiger partial charge in [0.15, 0.2) is 5.76 Å². The van der Waals surface area contributed by atoms with Crippen LogP contribution in [0, 0.1) is 0 Å². The summed E-state index contributed by atoms with van der Waals surface area (Å²) in [5, 5.41) is 13.8. The largest absolute Gasteiger partial charge is 0.868 e. The number of nitrogens with one attached hydrogen (secondary N) is 1. The third-order valence-electron chi connectivity index (χ3n) is 5.69. The fourth-order valence-electron chi connectivity index (χ4n) is 4.06. The molecule has 0 saturated carbocycles. The Morgan fingerprint density at radius 2 is 1.88 bits per heavy atom. The van der Waals surface area contributed by atoms with Crippen molar-refractivity contribution >= 4 is 22.7 Å². The zero-order valence-corrected chi connectivity index (χ0v) is 18.4. The molecule has 2 aromatic carbocycles. The first kappa shape index (κ1) is 21.6. The first-order chi connectivity index (χ1) is 15.4. The quantitative estimate of drug-likeness (QED) is 0.541. The van der Waals surface area contributed by atoms with Gasteiger partial charge >= 0.3 is 0 Å². The number of ketones is 1. The molecule has 1 N–H and O–H groups in total. The first-order valence-corrected chi connectivity index (χ1v) is 10.6. The average Bonchev–Trinajstić information content (AvgIpc) is 3.33. The van der Waals surface area contributed by atoms with E-state index in [0.29, 0.717) is 29.9 Å². The molecule has 0 fully saturated rings. The maximum atomic E-state index is 13.4. The van der Waals surface area contributed by atoms with Crippen molar-refractivity contribution in [1.82, 2.24) is 4.90 Å². The van der Waals surface area contributed by atoms with E-state index in [1.165, 1.54) is 9.80 Å². The van der Waals surface area contributed by atoms with E-state index in [-0.39, 0.29) is 11.3 Å². The summed E-state index contributed by atoms with van der Waals surface area (Å²) in [6.07, 6.45) is 0.708. The van der Waals surface area contributed by atoms with Crippen LogP contribution < -0.4 is 14.7 Å². The zero-order valence-electron chi connectivity index (χ0n) is 18.4. The van der Waals surface area contributed by atoms with E-state index in [2.05, 4.69) is 0 Å². The van der Waals surface area contributed by atoms with Gasteiger partial charge in [-0.2, -0.15) is 0 Å². The SMILES string of the molecule is COc1ccc(C2C(C(=O)c3cc4ccccc4o3)=C([O-])C(=O)N2CCC[NH+](C)C)cc1. The number of quaternary nitrogens is 1. The molecule has 0 saturated heterocycles. The highest BCUT2D eigenvalue weighted by Gasteiger charge is 2.40.